The molecular formula is C22H25ClN2O5S. The average molecular weight is 465 g/mol. The average Bonchev–Trinajstić information content (AvgIpc) is 3.05. The van der Waals surface area contributed by atoms with Crippen molar-refractivity contribution in [1.29, 1.82) is 0 Å². The van der Waals surface area contributed by atoms with Gasteiger partial charge in [0.05, 0.1) is 21.2 Å². The van der Waals surface area contributed by atoms with Crippen LogP contribution in [0.15, 0.2) is 53.4 Å². The number of para-hydroxylation sites is 1. The van der Waals surface area contributed by atoms with Crippen molar-refractivity contribution in [3.05, 3.63) is 59.1 Å². The van der Waals surface area contributed by atoms with Crippen LogP contribution in [0.25, 0.3) is 0 Å². The van der Waals surface area contributed by atoms with Gasteiger partial charge in [0.1, 0.15) is 0 Å². The van der Waals surface area contributed by atoms with Gasteiger partial charge in [-0.25, -0.2) is 13.2 Å². The first-order valence-corrected chi connectivity index (χ1v) is 12.0. The summed E-state index contributed by atoms with van der Waals surface area (Å²) < 4.78 is 32.7. The Morgan fingerprint density at radius 1 is 1.03 bits per heavy atom. The predicted molar refractivity (Wildman–Crippen MR) is 119 cm³/mol. The minimum absolute atomic E-state index is 0.0389. The van der Waals surface area contributed by atoms with E-state index in [1.54, 1.807) is 24.3 Å². The van der Waals surface area contributed by atoms with Crippen molar-refractivity contribution in [2.75, 3.05) is 18.4 Å². The van der Waals surface area contributed by atoms with Gasteiger partial charge in [0.2, 0.25) is 10.0 Å². The summed E-state index contributed by atoms with van der Waals surface area (Å²) in [5, 5.41) is 2.96. The Morgan fingerprint density at radius 3 is 2.39 bits per heavy atom. The maximum Gasteiger partial charge on any atom is 0.338 e. The number of esters is 1. The standard InChI is InChI=1S/C22H25ClN2O5S/c1-16(21(26)24-20-12-5-4-11-19(20)23)30-22(27)17-9-8-10-18(15-17)31(28,29)25-13-6-2-3-7-14-25/h4-5,8-12,15-16H,2-3,6-7,13-14H2,1H3,(H,24,26). The Morgan fingerprint density at radius 2 is 1.71 bits per heavy atom. The van der Waals surface area contributed by atoms with Crippen LogP contribution < -0.4 is 5.32 Å². The van der Waals surface area contributed by atoms with Gasteiger partial charge in [0, 0.05) is 13.1 Å². The van der Waals surface area contributed by atoms with E-state index >= 15 is 0 Å². The van der Waals surface area contributed by atoms with Crippen molar-refractivity contribution in [3.63, 3.8) is 0 Å². The highest BCUT2D eigenvalue weighted by Gasteiger charge is 2.27. The number of sulfonamides is 1. The summed E-state index contributed by atoms with van der Waals surface area (Å²) in [5.74, 6) is -1.33. The number of benzene rings is 2. The number of carbonyl (C=O) groups is 2. The van der Waals surface area contributed by atoms with E-state index in [0.717, 1.165) is 25.7 Å². The molecule has 1 atom stereocenters. The van der Waals surface area contributed by atoms with Crippen molar-refractivity contribution in [3.8, 4) is 0 Å². The van der Waals surface area contributed by atoms with Gasteiger partial charge in [-0.15, -0.1) is 0 Å². The molecule has 7 nitrogen and oxygen atoms in total. The maximum absolute atomic E-state index is 13.0. The third-order valence-corrected chi connectivity index (χ3v) is 7.28. The van der Waals surface area contributed by atoms with Gasteiger partial charge in [-0.3, -0.25) is 4.79 Å². The fourth-order valence-electron chi connectivity index (χ4n) is 3.29. The highest BCUT2D eigenvalue weighted by molar-refractivity contribution is 7.89. The number of nitrogens with zero attached hydrogens (tertiary/aromatic N) is 1. The molecule has 0 saturated carbocycles. The second kappa shape index (κ2) is 10.3. The molecule has 1 amide bonds. The summed E-state index contributed by atoms with van der Waals surface area (Å²) in [4.78, 5) is 24.9. The smallest absolute Gasteiger partial charge is 0.338 e. The second-order valence-corrected chi connectivity index (χ2v) is 9.71. The van der Waals surface area contributed by atoms with Crippen LogP contribution in [0.5, 0.6) is 0 Å². The van der Waals surface area contributed by atoms with Crippen molar-refractivity contribution >= 4 is 39.2 Å². The molecule has 1 heterocycles. The van der Waals surface area contributed by atoms with E-state index in [2.05, 4.69) is 5.32 Å². The number of nitrogens with one attached hydrogen (secondary N) is 1. The van der Waals surface area contributed by atoms with Crippen LogP contribution in [0, 0.1) is 0 Å². The van der Waals surface area contributed by atoms with Gasteiger partial charge in [0.25, 0.3) is 5.91 Å². The minimum atomic E-state index is -3.70. The van der Waals surface area contributed by atoms with Gasteiger partial charge in [-0.1, -0.05) is 42.6 Å². The Hall–Kier alpha value is -2.42. The van der Waals surface area contributed by atoms with E-state index < -0.39 is 28.0 Å². The molecule has 0 bridgehead atoms. The van der Waals surface area contributed by atoms with Gasteiger partial charge in [-0.05, 0) is 50.1 Å². The third-order valence-electron chi connectivity index (χ3n) is 5.06. The molecule has 1 unspecified atom stereocenters. The van der Waals surface area contributed by atoms with E-state index in [-0.39, 0.29) is 10.5 Å². The van der Waals surface area contributed by atoms with Crippen LogP contribution in [0.3, 0.4) is 0 Å². The zero-order chi connectivity index (χ0) is 22.4. The number of carbonyl (C=O) groups excluding carboxylic acids is 2. The molecule has 2 aromatic rings. The second-order valence-electron chi connectivity index (χ2n) is 7.36. The zero-order valence-corrected chi connectivity index (χ0v) is 18.8. The first-order valence-electron chi connectivity index (χ1n) is 10.2. The van der Waals surface area contributed by atoms with Crippen molar-refractivity contribution in [2.24, 2.45) is 0 Å². The Balaban J connectivity index is 1.69. The fourth-order valence-corrected chi connectivity index (χ4v) is 5.04. The van der Waals surface area contributed by atoms with Crippen molar-refractivity contribution in [2.45, 2.75) is 43.6 Å². The lowest BCUT2D eigenvalue weighted by atomic mass is 10.2. The fraction of sp³-hybridized carbons (Fsp3) is 0.364. The van der Waals surface area contributed by atoms with Crippen LogP contribution in [-0.2, 0) is 19.6 Å². The van der Waals surface area contributed by atoms with Gasteiger partial charge in [-0.2, -0.15) is 4.31 Å². The molecule has 9 heteroatoms. The molecule has 1 aliphatic heterocycles. The Bertz CT molecular complexity index is 1050. The first-order chi connectivity index (χ1) is 14.8. The molecule has 3 rings (SSSR count). The highest BCUT2D eigenvalue weighted by Crippen LogP contribution is 2.23. The van der Waals surface area contributed by atoms with Crippen LogP contribution in [0.4, 0.5) is 5.69 Å². The van der Waals surface area contributed by atoms with E-state index in [4.69, 9.17) is 16.3 Å². The topological polar surface area (TPSA) is 92.8 Å². The maximum atomic E-state index is 13.0. The van der Waals surface area contributed by atoms with Crippen LogP contribution in [0.1, 0.15) is 43.0 Å². The molecule has 1 fully saturated rings. The number of hydrogen-bond acceptors (Lipinski definition) is 5. The zero-order valence-electron chi connectivity index (χ0n) is 17.2. The molecule has 1 saturated heterocycles. The number of anilines is 1. The summed E-state index contributed by atoms with van der Waals surface area (Å²) in [6.07, 6.45) is 2.55. The molecule has 0 aromatic heterocycles. The first kappa shape index (κ1) is 23.2. The molecular weight excluding hydrogens is 440 g/mol. The lowest BCUT2D eigenvalue weighted by molar-refractivity contribution is -0.123. The monoisotopic (exact) mass is 464 g/mol. The molecule has 31 heavy (non-hydrogen) atoms. The van der Waals surface area contributed by atoms with Gasteiger partial charge >= 0.3 is 5.97 Å². The van der Waals surface area contributed by atoms with E-state index in [9.17, 15) is 18.0 Å². The molecule has 1 N–H and O–H groups in total. The number of rotatable bonds is 6. The number of ether oxygens (including phenoxy) is 1. The molecule has 0 aliphatic carbocycles. The quantitative estimate of drug-likeness (QED) is 0.650. The van der Waals surface area contributed by atoms with Crippen molar-refractivity contribution < 1.29 is 22.7 Å². The predicted octanol–water partition coefficient (Wildman–Crippen LogP) is 4.09. The number of hydrogen-bond donors (Lipinski definition) is 1. The van der Waals surface area contributed by atoms with Crippen LogP contribution in [0.2, 0.25) is 5.02 Å². The number of amides is 1. The SMILES string of the molecule is CC(OC(=O)c1cccc(S(=O)(=O)N2CCCCCC2)c1)C(=O)Nc1ccccc1Cl. The number of halogens is 1. The summed E-state index contributed by atoms with van der Waals surface area (Å²) in [5.41, 5.74) is 0.468. The summed E-state index contributed by atoms with van der Waals surface area (Å²) in [7, 11) is -3.70. The lowest BCUT2D eigenvalue weighted by Gasteiger charge is -2.20. The Kier molecular flexibility index (Phi) is 7.69. The van der Waals surface area contributed by atoms with Crippen LogP contribution in [-0.4, -0.2) is 43.8 Å². The minimum Gasteiger partial charge on any atom is -0.449 e. The van der Waals surface area contributed by atoms with E-state index in [1.807, 2.05) is 0 Å². The molecule has 2 aromatic carbocycles. The van der Waals surface area contributed by atoms with Gasteiger partial charge in [0.15, 0.2) is 6.10 Å². The highest BCUT2D eigenvalue weighted by atomic mass is 35.5. The van der Waals surface area contributed by atoms with E-state index in [0.29, 0.717) is 23.8 Å². The molecule has 0 radical (unpaired) electrons. The van der Waals surface area contributed by atoms with Gasteiger partial charge < -0.3 is 10.1 Å². The summed E-state index contributed by atoms with van der Waals surface area (Å²) in [6.45, 7) is 2.37. The normalized spacial score (nSPS) is 16.2. The third kappa shape index (κ3) is 5.84. The van der Waals surface area contributed by atoms with Crippen molar-refractivity contribution in [1.82, 2.24) is 4.31 Å². The molecule has 0 spiro atoms. The summed E-state index contributed by atoms with van der Waals surface area (Å²) in [6, 6.07) is 12.4. The van der Waals surface area contributed by atoms with E-state index in [1.165, 1.54) is 35.5 Å². The lowest BCUT2D eigenvalue weighted by Crippen LogP contribution is -2.32. The molecule has 1 aliphatic rings. The van der Waals surface area contributed by atoms with Crippen LogP contribution >= 0.6 is 11.6 Å². The Labute approximate surface area is 187 Å². The molecule has 166 valence electrons. The largest absolute Gasteiger partial charge is 0.449 e. The summed E-state index contributed by atoms with van der Waals surface area (Å²) >= 11 is 6.03.